The fraction of sp³-hybridized carbons (Fsp3) is 0.385. The minimum atomic E-state index is 0.454. The first kappa shape index (κ1) is 11.4. The third-order valence-corrected chi connectivity index (χ3v) is 3.58. The second-order valence-electron chi connectivity index (χ2n) is 3.74. The van der Waals surface area contributed by atoms with Crippen LogP contribution in [0.25, 0.3) is 0 Å². The maximum atomic E-state index is 5.36. The molecule has 0 aromatic carbocycles. The first-order valence-electron chi connectivity index (χ1n) is 5.69. The van der Waals surface area contributed by atoms with Crippen molar-refractivity contribution in [2.75, 3.05) is 6.54 Å². The van der Waals surface area contributed by atoms with Gasteiger partial charge in [0.25, 0.3) is 0 Å². The summed E-state index contributed by atoms with van der Waals surface area (Å²) in [6.07, 6.45) is 3.81. The Morgan fingerprint density at radius 2 is 2.31 bits per heavy atom. The highest BCUT2D eigenvalue weighted by Gasteiger charge is 2.11. The third-order valence-electron chi connectivity index (χ3n) is 2.60. The third kappa shape index (κ3) is 2.97. The van der Waals surface area contributed by atoms with E-state index >= 15 is 0 Å². The standard InChI is InChI=1S/C13H17NOS/c1-2-14-12(13-6-4-10-16-13)8-7-11-5-3-9-15-11/h3-6,9-10,12,14H,2,7-8H2,1H3. The lowest BCUT2D eigenvalue weighted by atomic mass is 10.1. The van der Waals surface area contributed by atoms with Crippen molar-refractivity contribution in [3.63, 3.8) is 0 Å². The summed E-state index contributed by atoms with van der Waals surface area (Å²) in [6, 6.07) is 8.74. The molecule has 1 unspecified atom stereocenters. The number of thiophene rings is 1. The molecule has 16 heavy (non-hydrogen) atoms. The van der Waals surface area contributed by atoms with Crippen LogP contribution in [0.2, 0.25) is 0 Å². The van der Waals surface area contributed by atoms with Crippen molar-refractivity contribution in [3.8, 4) is 0 Å². The summed E-state index contributed by atoms with van der Waals surface area (Å²) in [6.45, 7) is 3.15. The Bertz CT molecular complexity index is 380. The van der Waals surface area contributed by atoms with Gasteiger partial charge in [0.2, 0.25) is 0 Å². The topological polar surface area (TPSA) is 25.2 Å². The van der Waals surface area contributed by atoms with Gasteiger partial charge in [-0.3, -0.25) is 0 Å². The normalized spacial score (nSPS) is 12.8. The SMILES string of the molecule is CCNC(CCc1ccco1)c1cccs1. The predicted molar refractivity (Wildman–Crippen MR) is 67.8 cm³/mol. The average Bonchev–Trinajstić information content (AvgIpc) is 2.96. The number of hydrogen-bond acceptors (Lipinski definition) is 3. The minimum Gasteiger partial charge on any atom is -0.469 e. The maximum absolute atomic E-state index is 5.36. The van der Waals surface area contributed by atoms with E-state index in [1.54, 1.807) is 6.26 Å². The molecule has 1 atom stereocenters. The van der Waals surface area contributed by atoms with E-state index in [4.69, 9.17) is 4.42 Å². The molecule has 0 bridgehead atoms. The lowest BCUT2D eigenvalue weighted by Gasteiger charge is -2.15. The molecule has 2 heterocycles. The van der Waals surface area contributed by atoms with Crippen LogP contribution < -0.4 is 5.32 Å². The monoisotopic (exact) mass is 235 g/mol. The number of hydrogen-bond donors (Lipinski definition) is 1. The molecule has 86 valence electrons. The second kappa shape index (κ2) is 5.87. The highest BCUT2D eigenvalue weighted by atomic mass is 32.1. The Kier molecular flexibility index (Phi) is 4.19. The van der Waals surface area contributed by atoms with Crippen molar-refractivity contribution in [2.45, 2.75) is 25.8 Å². The number of furan rings is 1. The molecule has 0 radical (unpaired) electrons. The summed E-state index contributed by atoms with van der Waals surface area (Å²) in [5, 5.41) is 5.65. The molecule has 2 nitrogen and oxygen atoms in total. The van der Waals surface area contributed by atoms with Gasteiger partial charge in [0, 0.05) is 17.3 Å². The van der Waals surface area contributed by atoms with Gasteiger partial charge < -0.3 is 9.73 Å². The largest absolute Gasteiger partial charge is 0.469 e. The molecule has 2 aromatic heterocycles. The van der Waals surface area contributed by atoms with Crippen LogP contribution in [0.5, 0.6) is 0 Å². The molecule has 0 fully saturated rings. The van der Waals surface area contributed by atoms with Crippen LogP contribution in [-0.2, 0) is 6.42 Å². The molecule has 0 saturated heterocycles. The lowest BCUT2D eigenvalue weighted by Crippen LogP contribution is -2.20. The molecule has 0 amide bonds. The zero-order chi connectivity index (χ0) is 11.2. The van der Waals surface area contributed by atoms with Crippen molar-refractivity contribution in [2.24, 2.45) is 0 Å². The second-order valence-corrected chi connectivity index (χ2v) is 4.72. The highest BCUT2D eigenvalue weighted by Crippen LogP contribution is 2.23. The summed E-state index contributed by atoms with van der Waals surface area (Å²) >= 11 is 1.82. The van der Waals surface area contributed by atoms with Gasteiger partial charge in [-0.15, -0.1) is 11.3 Å². The van der Waals surface area contributed by atoms with E-state index in [1.165, 1.54) is 4.88 Å². The van der Waals surface area contributed by atoms with Gasteiger partial charge in [-0.2, -0.15) is 0 Å². The minimum absolute atomic E-state index is 0.454. The first-order chi connectivity index (χ1) is 7.90. The van der Waals surface area contributed by atoms with Crippen molar-refractivity contribution in [1.29, 1.82) is 0 Å². The molecular formula is C13H17NOS. The van der Waals surface area contributed by atoms with Gasteiger partial charge in [0.05, 0.1) is 6.26 Å². The van der Waals surface area contributed by atoms with Crippen molar-refractivity contribution in [3.05, 3.63) is 46.5 Å². The fourth-order valence-electron chi connectivity index (χ4n) is 1.82. The van der Waals surface area contributed by atoms with Gasteiger partial charge in [0.15, 0.2) is 0 Å². The van der Waals surface area contributed by atoms with Gasteiger partial charge in [-0.1, -0.05) is 13.0 Å². The molecule has 2 aromatic rings. The number of rotatable bonds is 6. The van der Waals surface area contributed by atoms with E-state index in [-0.39, 0.29) is 0 Å². The molecule has 3 heteroatoms. The molecular weight excluding hydrogens is 218 g/mol. The first-order valence-corrected chi connectivity index (χ1v) is 6.57. The van der Waals surface area contributed by atoms with Crippen LogP contribution >= 0.6 is 11.3 Å². The van der Waals surface area contributed by atoms with Crippen LogP contribution in [-0.4, -0.2) is 6.54 Å². The van der Waals surface area contributed by atoms with Gasteiger partial charge in [0.1, 0.15) is 5.76 Å². The molecule has 2 rings (SSSR count). The Balaban J connectivity index is 1.93. The molecule has 0 aliphatic carbocycles. The van der Waals surface area contributed by atoms with Gasteiger partial charge in [-0.25, -0.2) is 0 Å². The van der Waals surface area contributed by atoms with Crippen LogP contribution in [0.4, 0.5) is 0 Å². The van der Waals surface area contributed by atoms with Gasteiger partial charge in [-0.05, 0) is 36.5 Å². The van der Waals surface area contributed by atoms with Crippen molar-refractivity contribution in [1.82, 2.24) is 5.32 Å². The Hall–Kier alpha value is -1.06. The van der Waals surface area contributed by atoms with E-state index in [2.05, 4.69) is 29.8 Å². The maximum Gasteiger partial charge on any atom is 0.103 e. The number of nitrogens with one attached hydrogen (secondary N) is 1. The zero-order valence-corrected chi connectivity index (χ0v) is 10.3. The van der Waals surface area contributed by atoms with Crippen molar-refractivity contribution >= 4 is 11.3 Å². The lowest BCUT2D eigenvalue weighted by molar-refractivity contribution is 0.462. The van der Waals surface area contributed by atoms with Gasteiger partial charge >= 0.3 is 0 Å². The van der Waals surface area contributed by atoms with Crippen LogP contribution in [0.15, 0.2) is 40.3 Å². The zero-order valence-electron chi connectivity index (χ0n) is 9.48. The summed E-state index contributed by atoms with van der Waals surface area (Å²) in [5.41, 5.74) is 0. The van der Waals surface area contributed by atoms with E-state index in [1.807, 2.05) is 23.5 Å². The van der Waals surface area contributed by atoms with Crippen LogP contribution in [0.3, 0.4) is 0 Å². The quantitative estimate of drug-likeness (QED) is 0.827. The number of aryl methyl sites for hydroxylation is 1. The smallest absolute Gasteiger partial charge is 0.103 e. The summed E-state index contributed by atoms with van der Waals surface area (Å²) < 4.78 is 5.36. The van der Waals surface area contributed by atoms with E-state index < -0.39 is 0 Å². The molecule has 0 spiro atoms. The van der Waals surface area contributed by atoms with E-state index in [9.17, 15) is 0 Å². The van der Waals surface area contributed by atoms with E-state index in [0.717, 1.165) is 25.1 Å². The van der Waals surface area contributed by atoms with Crippen LogP contribution in [0.1, 0.15) is 30.0 Å². The van der Waals surface area contributed by atoms with Crippen LogP contribution in [0, 0.1) is 0 Å². The summed E-state index contributed by atoms with van der Waals surface area (Å²) in [7, 11) is 0. The molecule has 1 N–H and O–H groups in total. The summed E-state index contributed by atoms with van der Waals surface area (Å²) in [5.74, 6) is 1.07. The van der Waals surface area contributed by atoms with E-state index in [0.29, 0.717) is 6.04 Å². The molecule has 0 aliphatic heterocycles. The Morgan fingerprint density at radius 3 is 2.94 bits per heavy atom. The van der Waals surface area contributed by atoms with Crippen molar-refractivity contribution < 1.29 is 4.42 Å². The average molecular weight is 235 g/mol. The Morgan fingerprint density at radius 1 is 1.38 bits per heavy atom. The Labute approximate surface area is 100 Å². The highest BCUT2D eigenvalue weighted by molar-refractivity contribution is 7.10. The fourth-order valence-corrected chi connectivity index (χ4v) is 2.66. The molecule has 0 saturated carbocycles. The molecule has 0 aliphatic rings. The predicted octanol–water partition coefficient (Wildman–Crippen LogP) is 3.62. The summed E-state index contributed by atoms with van der Waals surface area (Å²) in [4.78, 5) is 1.41.